The Bertz CT molecular complexity index is 619. The maximum Gasteiger partial charge on any atom is 0.475 e. The van der Waals surface area contributed by atoms with E-state index in [0.29, 0.717) is 0 Å². The Labute approximate surface area is 143 Å². The molecule has 0 unspecified atom stereocenters. The monoisotopic (exact) mass is 332 g/mol. The van der Waals surface area contributed by atoms with E-state index in [0.717, 1.165) is 22.8 Å². The number of benzene rings is 1. The van der Waals surface area contributed by atoms with Crippen molar-refractivity contribution in [1.82, 2.24) is 10.2 Å². The van der Waals surface area contributed by atoms with Gasteiger partial charge in [0, 0.05) is 7.05 Å². The second-order valence-electron chi connectivity index (χ2n) is 5.99. The molecule has 24 heavy (non-hydrogen) atoms. The van der Waals surface area contributed by atoms with Crippen molar-refractivity contribution in [2.24, 2.45) is 0 Å². The number of carbonyl (C=O) groups excluding carboxylic acids is 2. The van der Waals surface area contributed by atoms with Crippen molar-refractivity contribution in [2.75, 3.05) is 7.05 Å². The third-order valence-corrected chi connectivity index (χ3v) is 4.11. The van der Waals surface area contributed by atoms with Crippen molar-refractivity contribution in [3.05, 3.63) is 47.5 Å². The molecule has 7 heteroatoms. The van der Waals surface area contributed by atoms with E-state index in [2.05, 4.69) is 11.9 Å². The van der Waals surface area contributed by atoms with Crippen molar-refractivity contribution in [1.29, 1.82) is 0 Å². The zero-order valence-corrected chi connectivity index (χ0v) is 14.6. The average Bonchev–Trinajstić information content (AvgIpc) is 2.53. The van der Waals surface area contributed by atoms with Gasteiger partial charge in [0.1, 0.15) is 6.04 Å². The van der Waals surface area contributed by atoms with Crippen LogP contribution in [-0.4, -0.2) is 52.9 Å². The van der Waals surface area contributed by atoms with Gasteiger partial charge in [-0.2, -0.15) is 0 Å². The van der Waals surface area contributed by atoms with Crippen molar-refractivity contribution in [2.45, 2.75) is 39.2 Å². The molecule has 1 rings (SSSR count). The third-order valence-electron chi connectivity index (χ3n) is 4.11. The molecular weight excluding hydrogens is 307 g/mol. The smallest absolute Gasteiger partial charge is 0.426 e. The molecule has 130 valence electrons. The standard InChI is InChI=1S/C17H25BN2O4/c1-6-16(21)20(5)13(4)17(22)19-15(18(23)24)10-14-8-7-11(2)9-12(14)3/h6-9,13,15,23-24H,1,10H2,2-5H3,(H,19,22)/t13-,15+/m1/s1. The van der Waals surface area contributed by atoms with Crippen LogP contribution in [0.4, 0.5) is 0 Å². The molecule has 6 nitrogen and oxygen atoms in total. The predicted molar refractivity (Wildman–Crippen MR) is 94.2 cm³/mol. The summed E-state index contributed by atoms with van der Waals surface area (Å²) in [5.74, 6) is -1.71. The largest absolute Gasteiger partial charge is 0.475 e. The number of aryl methyl sites for hydroxylation is 2. The van der Waals surface area contributed by atoms with Crippen LogP contribution in [0.2, 0.25) is 0 Å². The van der Waals surface area contributed by atoms with Crippen molar-refractivity contribution in [3.8, 4) is 0 Å². The summed E-state index contributed by atoms with van der Waals surface area (Å²) >= 11 is 0. The first-order chi connectivity index (χ1) is 11.2. The van der Waals surface area contributed by atoms with Crippen molar-refractivity contribution in [3.63, 3.8) is 0 Å². The zero-order valence-electron chi connectivity index (χ0n) is 14.6. The molecule has 1 aromatic rings. The summed E-state index contributed by atoms with van der Waals surface area (Å²) in [7, 11) is -0.217. The number of nitrogens with one attached hydrogen (secondary N) is 1. The first kappa shape index (κ1) is 19.9. The molecule has 0 heterocycles. The highest BCUT2D eigenvalue weighted by Crippen LogP contribution is 2.13. The first-order valence-electron chi connectivity index (χ1n) is 7.79. The lowest BCUT2D eigenvalue weighted by molar-refractivity contribution is -0.135. The average molecular weight is 332 g/mol. The molecule has 0 bridgehead atoms. The van der Waals surface area contributed by atoms with Crippen molar-refractivity contribution < 1.29 is 19.6 Å². The predicted octanol–water partition coefficient (Wildman–Crippen LogP) is 0.376. The minimum absolute atomic E-state index is 0.279. The van der Waals surface area contributed by atoms with Crippen LogP contribution < -0.4 is 5.32 Å². The quantitative estimate of drug-likeness (QED) is 0.497. The highest BCUT2D eigenvalue weighted by Gasteiger charge is 2.29. The number of hydrogen-bond donors (Lipinski definition) is 3. The van der Waals surface area contributed by atoms with E-state index in [1.54, 1.807) is 6.92 Å². The van der Waals surface area contributed by atoms with Gasteiger partial charge in [0.05, 0.1) is 5.94 Å². The first-order valence-corrected chi connectivity index (χ1v) is 7.79. The third kappa shape index (κ3) is 5.21. The second kappa shape index (κ2) is 8.66. The van der Waals surface area contributed by atoms with Crippen LogP contribution in [0.3, 0.4) is 0 Å². The summed E-state index contributed by atoms with van der Waals surface area (Å²) in [5, 5.41) is 21.8. The summed E-state index contributed by atoms with van der Waals surface area (Å²) in [6.07, 6.45) is 1.40. The van der Waals surface area contributed by atoms with Crippen LogP contribution in [0, 0.1) is 13.8 Å². The molecule has 0 saturated carbocycles. The Kier molecular flexibility index (Phi) is 7.19. The van der Waals surface area contributed by atoms with Crippen LogP contribution in [0.15, 0.2) is 30.9 Å². The Morgan fingerprint density at radius 3 is 2.50 bits per heavy atom. The molecular formula is C17H25BN2O4. The van der Waals surface area contributed by atoms with Gasteiger partial charge in [-0.15, -0.1) is 0 Å². The van der Waals surface area contributed by atoms with Gasteiger partial charge < -0.3 is 20.3 Å². The molecule has 0 fully saturated rings. The van der Waals surface area contributed by atoms with Crippen LogP contribution in [0.25, 0.3) is 0 Å². The van der Waals surface area contributed by atoms with E-state index >= 15 is 0 Å². The maximum absolute atomic E-state index is 12.3. The Hall–Kier alpha value is -2.12. The van der Waals surface area contributed by atoms with Gasteiger partial charge >= 0.3 is 7.12 Å². The highest BCUT2D eigenvalue weighted by atomic mass is 16.4. The number of nitrogens with zero attached hydrogens (tertiary/aromatic N) is 1. The molecule has 2 atom stereocenters. The van der Waals surface area contributed by atoms with Gasteiger partial charge in [0.25, 0.3) is 0 Å². The highest BCUT2D eigenvalue weighted by molar-refractivity contribution is 6.43. The number of hydrogen-bond acceptors (Lipinski definition) is 4. The molecule has 0 saturated heterocycles. The molecule has 2 amide bonds. The van der Waals surface area contributed by atoms with Gasteiger partial charge in [-0.25, -0.2) is 0 Å². The number of rotatable bonds is 7. The Morgan fingerprint density at radius 2 is 2.00 bits per heavy atom. The van der Waals surface area contributed by atoms with E-state index in [9.17, 15) is 19.6 Å². The number of likely N-dealkylation sites (N-methyl/N-ethyl adjacent to an activating group) is 1. The normalized spacial score (nSPS) is 12.9. The molecule has 1 aromatic carbocycles. The van der Waals surface area contributed by atoms with Gasteiger partial charge in [-0.05, 0) is 44.4 Å². The Balaban J connectivity index is 2.84. The fourth-order valence-electron chi connectivity index (χ4n) is 2.36. The van der Waals surface area contributed by atoms with E-state index in [1.807, 2.05) is 32.0 Å². The molecule has 0 aliphatic rings. The lowest BCUT2D eigenvalue weighted by Crippen LogP contribution is -2.54. The van der Waals surface area contributed by atoms with E-state index < -0.39 is 25.0 Å². The zero-order chi connectivity index (χ0) is 18.4. The van der Waals surface area contributed by atoms with Crippen LogP contribution in [-0.2, 0) is 16.0 Å². The molecule has 0 radical (unpaired) electrons. The van der Waals surface area contributed by atoms with Crippen molar-refractivity contribution >= 4 is 18.9 Å². The summed E-state index contributed by atoms with van der Waals surface area (Å²) in [6.45, 7) is 8.86. The summed E-state index contributed by atoms with van der Waals surface area (Å²) in [5.41, 5.74) is 3.05. The number of carbonyl (C=O) groups is 2. The second-order valence-corrected chi connectivity index (χ2v) is 5.99. The van der Waals surface area contributed by atoms with Gasteiger partial charge in [-0.3, -0.25) is 9.59 Å². The van der Waals surface area contributed by atoms with Crippen LogP contribution in [0.1, 0.15) is 23.6 Å². The molecule has 0 aromatic heterocycles. The maximum atomic E-state index is 12.3. The summed E-state index contributed by atoms with van der Waals surface area (Å²) in [4.78, 5) is 25.1. The lowest BCUT2D eigenvalue weighted by Gasteiger charge is -2.26. The van der Waals surface area contributed by atoms with Gasteiger partial charge in [0.2, 0.25) is 11.8 Å². The summed E-state index contributed by atoms with van der Waals surface area (Å²) < 4.78 is 0. The van der Waals surface area contributed by atoms with Gasteiger partial charge in [-0.1, -0.05) is 30.3 Å². The van der Waals surface area contributed by atoms with Crippen LogP contribution in [0.5, 0.6) is 0 Å². The SMILES string of the molecule is C=CC(=O)N(C)[C@H](C)C(=O)N[C@@H](Cc1ccc(C)cc1C)B(O)O. The number of amides is 2. The van der Waals surface area contributed by atoms with Gasteiger partial charge in [0.15, 0.2) is 0 Å². The van der Waals surface area contributed by atoms with Crippen LogP contribution >= 0.6 is 0 Å². The minimum atomic E-state index is -1.71. The van der Waals surface area contributed by atoms with E-state index in [1.165, 1.54) is 11.9 Å². The summed E-state index contributed by atoms with van der Waals surface area (Å²) in [6, 6.07) is 5.08. The fraction of sp³-hybridized carbons (Fsp3) is 0.412. The lowest BCUT2D eigenvalue weighted by atomic mass is 9.75. The molecule has 0 aliphatic heterocycles. The van der Waals surface area contributed by atoms with E-state index in [-0.39, 0.29) is 12.3 Å². The topological polar surface area (TPSA) is 89.9 Å². The molecule has 0 spiro atoms. The Morgan fingerprint density at radius 1 is 1.38 bits per heavy atom. The fourth-order valence-corrected chi connectivity index (χ4v) is 2.36. The molecule has 3 N–H and O–H groups in total. The molecule has 0 aliphatic carbocycles. The minimum Gasteiger partial charge on any atom is -0.426 e. The van der Waals surface area contributed by atoms with E-state index in [4.69, 9.17) is 0 Å².